The van der Waals surface area contributed by atoms with Crippen molar-refractivity contribution >= 4 is 22.7 Å². The number of hydrogen-bond donors (Lipinski definition) is 0. The highest BCUT2D eigenvalue weighted by molar-refractivity contribution is 7.99. The van der Waals surface area contributed by atoms with Crippen LogP contribution in [0, 0.1) is 0 Å². The molecule has 4 nitrogen and oxygen atoms in total. The lowest BCUT2D eigenvalue weighted by molar-refractivity contribution is 0.347. The Hall–Kier alpha value is -2.40. The van der Waals surface area contributed by atoms with Crippen LogP contribution in [-0.2, 0) is 0 Å². The molecule has 0 aliphatic rings. The third-order valence-corrected chi connectivity index (χ3v) is 4.29. The van der Waals surface area contributed by atoms with E-state index in [2.05, 4.69) is 0 Å². The number of fused-ring (bicyclic) bond motifs is 1. The van der Waals surface area contributed by atoms with Gasteiger partial charge in [0, 0.05) is 16.7 Å². The maximum absolute atomic E-state index is 12.0. The second-order valence-electron chi connectivity index (χ2n) is 4.79. The van der Waals surface area contributed by atoms with Gasteiger partial charge in [-0.3, -0.25) is 4.79 Å². The minimum Gasteiger partial charge on any atom is -0.497 e. The van der Waals surface area contributed by atoms with Gasteiger partial charge in [-0.05, 0) is 36.4 Å². The van der Waals surface area contributed by atoms with Crippen molar-refractivity contribution in [3.63, 3.8) is 0 Å². The molecule has 0 aliphatic heterocycles. The van der Waals surface area contributed by atoms with E-state index in [0.717, 1.165) is 16.4 Å². The summed E-state index contributed by atoms with van der Waals surface area (Å²) in [5.74, 6) is 2.18. The van der Waals surface area contributed by atoms with Gasteiger partial charge in [0.25, 0.3) is 0 Å². The standard InChI is InChI=1S/C18H16O4S/c1-20-13-5-7-14(8-6-13)23-12-11-22-17-4-2-3-16-18(17)15(19)9-10-21-16/h2-10H,11-12H2,1H3. The van der Waals surface area contributed by atoms with E-state index in [-0.39, 0.29) is 5.43 Å². The molecule has 3 aromatic rings. The molecule has 0 atom stereocenters. The number of hydrogen-bond acceptors (Lipinski definition) is 5. The van der Waals surface area contributed by atoms with Gasteiger partial charge in [-0.1, -0.05) is 6.07 Å². The Balaban J connectivity index is 1.61. The van der Waals surface area contributed by atoms with Crippen molar-refractivity contribution in [2.24, 2.45) is 0 Å². The second-order valence-corrected chi connectivity index (χ2v) is 5.95. The molecule has 0 spiro atoms. The van der Waals surface area contributed by atoms with Crippen molar-refractivity contribution in [2.45, 2.75) is 4.90 Å². The molecule has 0 saturated heterocycles. The Labute approximate surface area is 138 Å². The Morgan fingerprint density at radius 2 is 1.91 bits per heavy atom. The first-order valence-electron chi connectivity index (χ1n) is 7.18. The van der Waals surface area contributed by atoms with Crippen LogP contribution in [0.2, 0.25) is 0 Å². The highest BCUT2D eigenvalue weighted by Gasteiger charge is 2.07. The van der Waals surface area contributed by atoms with Crippen molar-refractivity contribution in [3.8, 4) is 11.5 Å². The normalized spacial score (nSPS) is 10.7. The molecule has 118 valence electrons. The topological polar surface area (TPSA) is 48.7 Å². The van der Waals surface area contributed by atoms with Crippen LogP contribution in [0.4, 0.5) is 0 Å². The van der Waals surface area contributed by atoms with Gasteiger partial charge in [0.15, 0.2) is 5.43 Å². The Bertz CT molecular complexity index is 834. The van der Waals surface area contributed by atoms with Gasteiger partial charge in [0.05, 0.1) is 20.0 Å². The zero-order valence-corrected chi connectivity index (χ0v) is 13.5. The van der Waals surface area contributed by atoms with E-state index in [9.17, 15) is 4.79 Å². The summed E-state index contributed by atoms with van der Waals surface area (Å²) in [6.45, 7) is 0.504. The summed E-state index contributed by atoms with van der Waals surface area (Å²) >= 11 is 1.69. The van der Waals surface area contributed by atoms with Crippen molar-refractivity contribution in [1.82, 2.24) is 0 Å². The average Bonchev–Trinajstić information content (AvgIpc) is 2.59. The summed E-state index contributed by atoms with van der Waals surface area (Å²) in [5.41, 5.74) is 0.447. The summed E-state index contributed by atoms with van der Waals surface area (Å²) in [6.07, 6.45) is 1.40. The van der Waals surface area contributed by atoms with Gasteiger partial charge < -0.3 is 13.9 Å². The van der Waals surface area contributed by atoms with Crippen LogP contribution >= 0.6 is 11.8 Å². The molecule has 0 saturated carbocycles. The smallest absolute Gasteiger partial charge is 0.196 e. The third-order valence-electron chi connectivity index (χ3n) is 3.32. The van der Waals surface area contributed by atoms with Crippen LogP contribution in [-0.4, -0.2) is 19.5 Å². The quantitative estimate of drug-likeness (QED) is 0.506. The van der Waals surface area contributed by atoms with Crippen LogP contribution in [0.1, 0.15) is 0 Å². The molecule has 0 unspecified atom stereocenters. The van der Waals surface area contributed by atoms with Gasteiger partial charge in [-0.15, -0.1) is 11.8 Å². The number of ether oxygens (including phenoxy) is 2. The van der Waals surface area contributed by atoms with Crippen LogP contribution in [0.15, 0.2) is 68.9 Å². The second kappa shape index (κ2) is 7.24. The van der Waals surface area contributed by atoms with E-state index in [4.69, 9.17) is 13.9 Å². The molecule has 0 bridgehead atoms. The van der Waals surface area contributed by atoms with Crippen molar-refractivity contribution in [3.05, 3.63) is 65.0 Å². The fourth-order valence-electron chi connectivity index (χ4n) is 2.21. The molecular formula is C18H16O4S. The number of methoxy groups -OCH3 is 1. The van der Waals surface area contributed by atoms with E-state index in [0.29, 0.717) is 23.3 Å². The first-order chi connectivity index (χ1) is 11.3. The fraction of sp³-hybridized carbons (Fsp3) is 0.167. The zero-order valence-electron chi connectivity index (χ0n) is 12.7. The monoisotopic (exact) mass is 328 g/mol. The molecule has 0 radical (unpaired) electrons. The van der Waals surface area contributed by atoms with Gasteiger partial charge >= 0.3 is 0 Å². The van der Waals surface area contributed by atoms with E-state index >= 15 is 0 Å². The largest absolute Gasteiger partial charge is 0.497 e. The molecule has 0 aliphatic carbocycles. The molecule has 0 fully saturated rings. The predicted molar refractivity (Wildman–Crippen MR) is 91.7 cm³/mol. The van der Waals surface area contributed by atoms with Crippen molar-refractivity contribution < 1.29 is 13.9 Å². The van der Waals surface area contributed by atoms with Crippen LogP contribution in [0.25, 0.3) is 11.0 Å². The highest BCUT2D eigenvalue weighted by atomic mass is 32.2. The van der Waals surface area contributed by atoms with E-state index < -0.39 is 0 Å². The maximum Gasteiger partial charge on any atom is 0.196 e. The predicted octanol–water partition coefficient (Wildman–Crippen LogP) is 3.97. The molecule has 1 aromatic heterocycles. The van der Waals surface area contributed by atoms with Gasteiger partial charge in [0.2, 0.25) is 0 Å². The van der Waals surface area contributed by atoms with Gasteiger partial charge in [-0.25, -0.2) is 0 Å². The maximum atomic E-state index is 12.0. The third kappa shape index (κ3) is 3.68. The summed E-state index contributed by atoms with van der Waals surface area (Å²) in [4.78, 5) is 13.1. The SMILES string of the molecule is COc1ccc(SCCOc2cccc3occc(=O)c23)cc1. The van der Waals surface area contributed by atoms with Crippen LogP contribution < -0.4 is 14.9 Å². The van der Waals surface area contributed by atoms with E-state index in [1.807, 2.05) is 30.3 Å². The Morgan fingerprint density at radius 1 is 1.09 bits per heavy atom. The van der Waals surface area contributed by atoms with E-state index in [1.165, 1.54) is 12.3 Å². The number of benzene rings is 2. The molecular weight excluding hydrogens is 312 g/mol. The Morgan fingerprint density at radius 3 is 2.70 bits per heavy atom. The molecule has 2 aromatic carbocycles. The minimum absolute atomic E-state index is 0.0929. The van der Waals surface area contributed by atoms with Crippen LogP contribution in [0.3, 0.4) is 0 Å². The van der Waals surface area contributed by atoms with Crippen molar-refractivity contribution in [1.29, 1.82) is 0 Å². The molecule has 0 N–H and O–H groups in total. The molecule has 1 heterocycles. The average molecular weight is 328 g/mol. The summed E-state index contributed by atoms with van der Waals surface area (Å²) in [7, 11) is 1.65. The number of thioether (sulfide) groups is 1. The first-order valence-corrected chi connectivity index (χ1v) is 8.16. The lowest BCUT2D eigenvalue weighted by Gasteiger charge is -2.08. The van der Waals surface area contributed by atoms with Crippen molar-refractivity contribution in [2.75, 3.05) is 19.5 Å². The number of rotatable bonds is 6. The summed E-state index contributed by atoms with van der Waals surface area (Å²) in [5, 5.41) is 0.490. The highest BCUT2D eigenvalue weighted by Crippen LogP contribution is 2.24. The van der Waals surface area contributed by atoms with Crippen LogP contribution in [0.5, 0.6) is 11.5 Å². The zero-order chi connectivity index (χ0) is 16.1. The molecule has 23 heavy (non-hydrogen) atoms. The summed E-state index contributed by atoms with van der Waals surface area (Å²) in [6, 6.07) is 14.6. The molecule has 5 heteroatoms. The van der Waals surface area contributed by atoms with E-state index in [1.54, 1.807) is 31.0 Å². The minimum atomic E-state index is -0.0929. The molecule has 0 amide bonds. The van der Waals surface area contributed by atoms with Gasteiger partial charge in [-0.2, -0.15) is 0 Å². The lowest BCUT2D eigenvalue weighted by Crippen LogP contribution is -2.05. The molecule has 3 rings (SSSR count). The lowest BCUT2D eigenvalue weighted by atomic mass is 10.2. The van der Waals surface area contributed by atoms with Gasteiger partial charge in [0.1, 0.15) is 22.5 Å². The first kappa shape index (κ1) is 15.5. The Kier molecular flexibility index (Phi) is 4.88. The summed E-state index contributed by atoms with van der Waals surface area (Å²) < 4.78 is 16.2. The fourth-order valence-corrected chi connectivity index (χ4v) is 2.94.